The molecule has 0 radical (unpaired) electrons. The van der Waals surface area contributed by atoms with Crippen LogP contribution in [-0.2, 0) is 27.1 Å². The van der Waals surface area contributed by atoms with Crippen molar-refractivity contribution < 1.29 is 4.74 Å². The van der Waals surface area contributed by atoms with Crippen LogP contribution >= 0.6 is 0 Å². The Balaban J connectivity index is 1.03. The molecule has 0 amide bonds. The van der Waals surface area contributed by atoms with Crippen molar-refractivity contribution in [2.24, 2.45) is 0 Å². The Morgan fingerprint density at radius 1 is 0.436 bits per heavy atom. The van der Waals surface area contributed by atoms with Crippen molar-refractivity contribution in [3.05, 3.63) is 245 Å². The highest BCUT2D eigenvalue weighted by atomic mass is 16.5. The van der Waals surface area contributed by atoms with Gasteiger partial charge in [-0.1, -0.05) is 211 Å². The van der Waals surface area contributed by atoms with Crippen LogP contribution in [0.1, 0.15) is 141 Å². The summed E-state index contributed by atoms with van der Waals surface area (Å²) < 4.78 is 9.44. The van der Waals surface area contributed by atoms with E-state index in [2.05, 4.69) is 299 Å². The second-order valence-electron chi connectivity index (χ2n) is 25.9. The minimum atomic E-state index is -0.253. The summed E-state index contributed by atoms with van der Waals surface area (Å²) in [6.07, 6.45) is 1.94. The summed E-state index contributed by atoms with van der Waals surface area (Å²) in [4.78, 5) is 7.47. The van der Waals surface area contributed by atoms with Crippen molar-refractivity contribution >= 4 is 38.9 Å². The lowest BCUT2D eigenvalue weighted by molar-refractivity contribution is 0.483. The molecule has 1 N–H and O–H groups in total. The molecule has 0 bridgehead atoms. The summed E-state index contributed by atoms with van der Waals surface area (Å²) in [5.74, 6) is 2.42. The van der Waals surface area contributed by atoms with Crippen molar-refractivity contribution in [3.63, 3.8) is 0 Å². The smallest absolute Gasteiger partial charge is 0.137 e. The first-order chi connectivity index (χ1) is 37.0. The SMILES string of the molecule is CC(C)(C)c1ccc(-c2cc(Oc3ccc4c5ccccc5n(-c5cc(C(C)(C)C)ccn5)c4c3)cc(N3CC(Nc4cc(C(C)(C)c5ccccc5)cc(C(C)(C)c5ccccc5)c4)c4cc(C(C)(C)C)ccc43)c2)cc1. The standard InChI is InChI=1S/C73H76N4O/c1-69(2,3)50-30-28-48(29-31-50)49-38-58(45-60(39-49)78-59-33-34-62-61-26-20-21-27-66(61)77(67(62)46-59)68-44-54(36-37-74-68)71(7,8)9)76-47-64(63-43-53(70(4,5)6)32-35-65(63)76)75-57-41-55(72(10,11)51-22-16-14-17-23-51)40-56(42-57)73(12,13)52-24-18-15-19-25-52/h14-46,64,75H,47H2,1-13H3. The van der Waals surface area contributed by atoms with Crippen LogP contribution in [0.4, 0.5) is 17.1 Å². The van der Waals surface area contributed by atoms with E-state index in [1.54, 1.807) is 0 Å². The number of para-hydroxylation sites is 1. The van der Waals surface area contributed by atoms with Crippen LogP contribution < -0.4 is 15.0 Å². The largest absolute Gasteiger partial charge is 0.457 e. The summed E-state index contributed by atoms with van der Waals surface area (Å²) in [5, 5.41) is 6.54. The molecule has 1 aliphatic rings. The number of nitrogens with one attached hydrogen (secondary N) is 1. The molecule has 3 heterocycles. The molecule has 1 unspecified atom stereocenters. The van der Waals surface area contributed by atoms with Gasteiger partial charge in [-0.25, -0.2) is 4.98 Å². The monoisotopic (exact) mass is 1020 g/mol. The molecule has 0 saturated heterocycles. The van der Waals surface area contributed by atoms with Crippen molar-refractivity contribution in [2.45, 2.75) is 123 Å². The molecule has 1 aliphatic heterocycles. The Labute approximate surface area is 464 Å². The molecule has 78 heavy (non-hydrogen) atoms. The Bertz CT molecular complexity index is 3750. The number of hydrogen-bond donors (Lipinski definition) is 1. The van der Waals surface area contributed by atoms with Crippen LogP contribution in [0.25, 0.3) is 38.8 Å². The number of hydrogen-bond acceptors (Lipinski definition) is 4. The number of anilines is 3. The molecule has 394 valence electrons. The van der Waals surface area contributed by atoms with E-state index in [0.29, 0.717) is 6.54 Å². The third-order valence-electron chi connectivity index (χ3n) is 16.6. The lowest BCUT2D eigenvalue weighted by atomic mass is 9.73. The molecule has 0 aliphatic carbocycles. The van der Waals surface area contributed by atoms with Gasteiger partial charge in [0.2, 0.25) is 0 Å². The average Bonchev–Trinajstić information content (AvgIpc) is 4.12. The van der Waals surface area contributed by atoms with Crippen LogP contribution in [0, 0.1) is 0 Å². The first-order valence-corrected chi connectivity index (χ1v) is 27.9. The topological polar surface area (TPSA) is 42.3 Å². The van der Waals surface area contributed by atoms with Gasteiger partial charge in [0, 0.05) is 69.1 Å². The molecule has 5 heteroatoms. The van der Waals surface area contributed by atoms with Gasteiger partial charge >= 0.3 is 0 Å². The van der Waals surface area contributed by atoms with Gasteiger partial charge in [-0.15, -0.1) is 0 Å². The van der Waals surface area contributed by atoms with E-state index in [4.69, 9.17) is 9.72 Å². The van der Waals surface area contributed by atoms with E-state index in [9.17, 15) is 0 Å². The zero-order valence-electron chi connectivity index (χ0n) is 48.1. The molecule has 1 atom stereocenters. The Morgan fingerprint density at radius 2 is 1.01 bits per heavy atom. The number of ether oxygens (including phenoxy) is 1. The Morgan fingerprint density at radius 3 is 1.64 bits per heavy atom. The predicted molar refractivity (Wildman–Crippen MR) is 330 cm³/mol. The fourth-order valence-corrected chi connectivity index (χ4v) is 11.5. The highest BCUT2D eigenvalue weighted by Crippen LogP contribution is 2.47. The highest BCUT2D eigenvalue weighted by Gasteiger charge is 2.34. The summed E-state index contributed by atoms with van der Waals surface area (Å²) in [5.41, 5.74) is 17.4. The van der Waals surface area contributed by atoms with Gasteiger partial charge < -0.3 is 15.0 Å². The molecule has 0 saturated carbocycles. The zero-order valence-corrected chi connectivity index (χ0v) is 48.1. The fraction of sp³-hybridized carbons (Fsp3) is 0.274. The van der Waals surface area contributed by atoms with Gasteiger partial charge in [0.25, 0.3) is 0 Å². The minimum Gasteiger partial charge on any atom is -0.457 e. The molecule has 8 aromatic carbocycles. The van der Waals surface area contributed by atoms with Gasteiger partial charge in [-0.3, -0.25) is 4.57 Å². The number of rotatable bonds is 11. The molecular formula is C73H76N4O. The number of benzene rings is 8. The predicted octanol–water partition coefficient (Wildman–Crippen LogP) is 19.5. The van der Waals surface area contributed by atoms with Crippen molar-refractivity contribution in [3.8, 4) is 28.4 Å². The van der Waals surface area contributed by atoms with Gasteiger partial charge in [0.15, 0.2) is 0 Å². The van der Waals surface area contributed by atoms with E-state index < -0.39 is 0 Å². The Hall–Kier alpha value is -7.89. The first-order valence-electron chi connectivity index (χ1n) is 27.9. The van der Waals surface area contributed by atoms with E-state index >= 15 is 0 Å². The molecular weight excluding hydrogens is 949 g/mol. The van der Waals surface area contributed by atoms with Crippen LogP contribution in [0.2, 0.25) is 0 Å². The molecule has 10 aromatic rings. The van der Waals surface area contributed by atoms with E-state index in [1.807, 2.05) is 6.20 Å². The van der Waals surface area contributed by atoms with Crippen molar-refractivity contribution in [1.29, 1.82) is 0 Å². The van der Waals surface area contributed by atoms with Crippen LogP contribution in [-0.4, -0.2) is 16.1 Å². The Kier molecular flexibility index (Phi) is 13.1. The zero-order chi connectivity index (χ0) is 54.9. The summed E-state index contributed by atoms with van der Waals surface area (Å²) >= 11 is 0. The van der Waals surface area contributed by atoms with E-state index in [0.717, 1.165) is 56.2 Å². The summed E-state index contributed by atoms with van der Waals surface area (Å²) in [6, 6.07) is 71.5. The lowest BCUT2D eigenvalue weighted by Crippen LogP contribution is -2.24. The third kappa shape index (κ3) is 10.0. The summed E-state index contributed by atoms with van der Waals surface area (Å²) in [7, 11) is 0. The number of aromatic nitrogens is 2. The second kappa shape index (κ2) is 19.5. The number of nitrogens with zero attached hydrogens (tertiary/aromatic N) is 3. The fourth-order valence-electron chi connectivity index (χ4n) is 11.5. The van der Waals surface area contributed by atoms with Crippen molar-refractivity contribution in [2.75, 3.05) is 16.8 Å². The maximum atomic E-state index is 7.15. The average molecular weight is 1030 g/mol. The maximum Gasteiger partial charge on any atom is 0.137 e. The highest BCUT2D eigenvalue weighted by molar-refractivity contribution is 6.09. The molecule has 2 aromatic heterocycles. The molecule has 5 nitrogen and oxygen atoms in total. The molecule has 11 rings (SSSR count). The first kappa shape index (κ1) is 52.2. The molecule has 0 spiro atoms. The normalized spacial score (nSPS) is 14.3. The van der Waals surface area contributed by atoms with Crippen molar-refractivity contribution in [1.82, 2.24) is 9.55 Å². The molecule has 0 fully saturated rings. The lowest BCUT2D eigenvalue weighted by Gasteiger charge is -2.32. The van der Waals surface area contributed by atoms with Gasteiger partial charge in [-0.2, -0.15) is 0 Å². The minimum absolute atomic E-state index is 0.0288. The number of fused-ring (bicyclic) bond motifs is 4. The van der Waals surface area contributed by atoms with Gasteiger partial charge in [-0.05, 0) is 127 Å². The van der Waals surface area contributed by atoms with Crippen LogP contribution in [0.5, 0.6) is 11.5 Å². The van der Waals surface area contributed by atoms with E-state index in [1.165, 1.54) is 55.6 Å². The van der Waals surface area contributed by atoms with Gasteiger partial charge in [0.05, 0.1) is 17.1 Å². The van der Waals surface area contributed by atoms with E-state index in [-0.39, 0.29) is 33.1 Å². The summed E-state index contributed by atoms with van der Waals surface area (Å²) in [6.45, 7) is 30.6. The van der Waals surface area contributed by atoms with Gasteiger partial charge in [0.1, 0.15) is 17.3 Å². The third-order valence-corrected chi connectivity index (χ3v) is 16.6. The van der Waals surface area contributed by atoms with Crippen LogP contribution in [0.3, 0.4) is 0 Å². The maximum absolute atomic E-state index is 7.15. The number of pyridine rings is 1. The van der Waals surface area contributed by atoms with Crippen LogP contribution in [0.15, 0.2) is 200 Å². The second-order valence-corrected chi connectivity index (χ2v) is 25.9. The quantitative estimate of drug-likeness (QED) is 0.140.